The van der Waals surface area contributed by atoms with Crippen LogP contribution in [-0.4, -0.2) is 31.1 Å². The first kappa shape index (κ1) is 10.6. The van der Waals surface area contributed by atoms with E-state index in [-0.39, 0.29) is 0 Å². The van der Waals surface area contributed by atoms with E-state index in [1.165, 1.54) is 32.4 Å². The second-order valence-electron chi connectivity index (χ2n) is 3.61. The molecular formula is C11H21NO. The molecular weight excluding hydrogens is 162 g/mol. The van der Waals surface area contributed by atoms with Crippen LogP contribution in [0, 0.1) is 0 Å². The van der Waals surface area contributed by atoms with Gasteiger partial charge >= 0.3 is 0 Å². The van der Waals surface area contributed by atoms with Gasteiger partial charge in [-0.05, 0) is 45.9 Å². The third kappa shape index (κ3) is 4.32. The molecule has 0 amide bonds. The second-order valence-corrected chi connectivity index (χ2v) is 3.61. The van der Waals surface area contributed by atoms with Gasteiger partial charge in [0.25, 0.3) is 0 Å². The van der Waals surface area contributed by atoms with Crippen LogP contribution in [0.3, 0.4) is 0 Å². The third-order valence-electron chi connectivity index (χ3n) is 2.46. The van der Waals surface area contributed by atoms with Crippen LogP contribution in [0.4, 0.5) is 0 Å². The van der Waals surface area contributed by atoms with E-state index < -0.39 is 0 Å². The molecule has 0 saturated carbocycles. The van der Waals surface area contributed by atoms with Gasteiger partial charge in [-0.2, -0.15) is 0 Å². The molecule has 0 aromatic carbocycles. The molecule has 0 radical (unpaired) electrons. The van der Waals surface area contributed by atoms with Gasteiger partial charge in [0.05, 0.1) is 12.4 Å². The van der Waals surface area contributed by atoms with Crippen LogP contribution in [0.25, 0.3) is 0 Å². The largest absolute Gasteiger partial charge is 0.499 e. The number of hydrogen-bond donors (Lipinski definition) is 0. The molecule has 76 valence electrons. The van der Waals surface area contributed by atoms with E-state index >= 15 is 0 Å². The molecule has 1 aliphatic heterocycles. The monoisotopic (exact) mass is 183 g/mol. The van der Waals surface area contributed by atoms with E-state index in [2.05, 4.69) is 11.0 Å². The molecule has 1 rings (SSSR count). The van der Waals surface area contributed by atoms with Gasteiger partial charge in [0.15, 0.2) is 0 Å². The number of likely N-dealkylation sites (tertiary alicyclic amines) is 1. The molecule has 0 atom stereocenters. The number of nitrogens with zero attached hydrogens (tertiary/aromatic N) is 1. The van der Waals surface area contributed by atoms with E-state index in [9.17, 15) is 0 Å². The fourth-order valence-corrected chi connectivity index (χ4v) is 1.69. The minimum atomic E-state index is 0.780. The van der Waals surface area contributed by atoms with Gasteiger partial charge in [-0.25, -0.2) is 0 Å². The molecule has 0 N–H and O–H groups in total. The second kappa shape index (κ2) is 6.03. The summed E-state index contributed by atoms with van der Waals surface area (Å²) in [6.07, 6.45) is 6.32. The molecule has 1 aliphatic rings. The van der Waals surface area contributed by atoms with E-state index in [0.717, 1.165) is 18.9 Å². The lowest BCUT2D eigenvalue weighted by molar-refractivity contribution is 0.219. The quantitative estimate of drug-likeness (QED) is 0.621. The molecule has 1 fully saturated rings. The SMILES string of the molecule is CCO/C(C)=C/CN1CCCCC1. The van der Waals surface area contributed by atoms with Gasteiger partial charge in [-0.15, -0.1) is 0 Å². The molecule has 0 aromatic heterocycles. The van der Waals surface area contributed by atoms with Gasteiger partial charge in [0.1, 0.15) is 0 Å². The van der Waals surface area contributed by atoms with Crippen LogP contribution in [0.1, 0.15) is 33.1 Å². The Hall–Kier alpha value is -0.500. The van der Waals surface area contributed by atoms with Crippen molar-refractivity contribution < 1.29 is 4.74 Å². The minimum absolute atomic E-state index is 0.780. The molecule has 0 bridgehead atoms. The van der Waals surface area contributed by atoms with E-state index in [1.807, 2.05) is 13.8 Å². The number of allylic oxidation sites excluding steroid dienone is 1. The lowest BCUT2D eigenvalue weighted by Crippen LogP contribution is -2.29. The van der Waals surface area contributed by atoms with Crippen molar-refractivity contribution in [2.24, 2.45) is 0 Å². The molecule has 0 aliphatic carbocycles. The Morgan fingerprint density at radius 3 is 2.62 bits per heavy atom. The van der Waals surface area contributed by atoms with Gasteiger partial charge in [-0.1, -0.05) is 6.42 Å². The normalized spacial score (nSPS) is 20.3. The number of piperidine rings is 1. The lowest BCUT2D eigenvalue weighted by atomic mass is 10.1. The highest BCUT2D eigenvalue weighted by molar-refractivity contribution is 4.91. The highest BCUT2D eigenvalue weighted by Gasteiger charge is 2.07. The van der Waals surface area contributed by atoms with E-state index in [0.29, 0.717) is 0 Å². The summed E-state index contributed by atoms with van der Waals surface area (Å²) in [7, 11) is 0. The summed E-state index contributed by atoms with van der Waals surface area (Å²) in [5.74, 6) is 1.06. The first-order valence-electron chi connectivity index (χ1n) is 5.35. The Balaban J connectivity index is 2.19. The van der Waals surface area contributed by atoms with Crippen molar-refractivity contribution in [3.63, 3.8) is 0 Å². The first-order valence-corrected chi connectivity index (χ1v) is 5.35. The summed E-state index contributed by atoms with van der Waals surface area (Å²) >= 11 is 0. The van der Waals surface area contributed by atoms with Crippen molar-refractivity contribution in [2.75, 3.05) is 26.2 Å². The zero-order valence-electron chi connectivity index (χ0n) is 8.88. The zero-order chi connectivity index (χ0) is 9.52. The minimum Gasteiger partial charge on any atom is -0.499 e. The number of hydrogen-bond acceptors (Lipinski definition) is 2. The Bertz CT molecular complexity index is 159. The van der Waals surface area contributed by atoms with Crippen molar-refractivity contribution in [3.8, 4) is 0 Å². The summed E-state index contributed by atoms with van der Waals surface area (Å²) in [4.78, 5) is 2.49. The van der Waals surface area contributed by atoms with Crippen LogP contribution in [0.15, 0.2) is 11.8 Å². The zero-order valence-corrected chi connectivity index (χ0v) is 8.88. The van der Waals surface area contributed by atoms with Crippen LogP contribution in [0.5, 0.6) is 0 Å². The van der Waals surface area contributed by atoms with Crippen molar-refractivity contribution in [1.82, 2.24) is 4.90 Å². The average Bonchev–Trinajstić information content (AvgIpc) is 2.17. The molecule has 2 heteroatoms. The Kier molecular flexibility index (Phi) is 4.91. The van der Waals surface area contributed by atoms with Gasteiger partial charge in [0, 0.05) is 6.54 Å². The smallest absolute Gasteiger partial charge is 0.0901 e. The predicted molar refractivity (Wildman–Crippen MR) is 55.7 cm³/mol. The van der Waals surface area contributed by atoms with Crippen LogP contribution < -0.4 is 0 Å². The fraction of sp³-hybridized carbons (Fsp3) is 0.818. The van der Waals surface area contributed by atoms with Crippen molar-refractivity contribution in [3.05, 3.63) is 11.8 Å². The Morgan fingerprint density at radius 1 is 1.31 bits per heavy atom. The topological polar surface area (TPSA) is 12.5 Å². The van der Waals surface area contributed by atoms with Crippen LogP contribution >= 0.6 is 0 Å². The first-order chi connectivity index (χ1) is 6.33. The van der Waals surface area contributed by atoms with Crippen LogP contribution in [-0.2, 0) is 4.74 Å². The molecule has 1 heterocycles. The predicted octanol–water partition coefficient (Wildman–Crippen LogP) is 2.41. The maximum Gasteiger partial charge on any atom is 0.0901 e. The Labute approximate surface area is 81.6 Å². The summed E-state index contributed by atoms with van der Waals surface area (Å²) in [6.45, 7) is 8.42. The van der Waals surface area contributed by atoms with Crippen molar-refractivity contribution in [2.45, 2.75) is 33.1 Å². The maximum atomic E-state index is 5.37. The highest BCUT2D eigenvalue weighted by atomic mass is 16.5. The van der Waals surface area contributed by atoms with Crippen LogP contribution in [0.2, 0.25) is 0 Å². The van der Waals surface area contributed by atoms with Gasteiger partial charge in [-0.3, -0.25) is 4.90 Å². The lowest BCUT2D eigenvalue weighted by Gasteiger charge is -2.25. The molecule has 0 unspecified atom stereocenters. The maximum absolute atomic E-state index is 5.37. The third-order valence-corrected chi connectivity index (χ3v) is 2.46. The van der Waals surface area contributed by atoms with Crippen molar-refractivity contribution >= 4 is 0 Å². The van der Waals surface area contributed by atoms with E-state index in [1.54, 1.807) is 0 Å². The average molecular weight is 183 g/mol. The van der Waals surface area contributed by atoms with Gasteiger partial charge < -0.3 is 4.74 Å². The molecule has 1 saturated heterocycles. The van der Waals surface area contributed by atoms with Gasteiger partial charge in [0.2, 0.25) is 0 Å². The standard InChI is InChI=1S/C11H21NO/c1-3-13-11(2)7-10-12-8-5-4-6-9-12/h7H,3-6,8-10H2,1-2H3/b11-7+. The molecule has 0 aromatic rings. The summed E-state index contributed by atoms with van der Waals surface area (Å²) in [5, 5.41) is 0. The fourth-order valence-electron chi connectivity index (χ4n) is 1.69. The summed E-state index contributed by atoms with van der Waals surface area (Å²) < 4.78 is 5.37. The number of rotatable bonds is 4. The van der Waals surface area contributed by atoms with Crippen molar-refractivity contribution in [1.29, 1.82) is 0 Å². The Morgan fingerprint density at radius 2 is 2.00 bits per heavy atom. The molecule has 2 nitrogen and oxygen atoms in total. The molecule has 13 heavy (non-hydrogen) atoms. The number of ether oxygens (including phenoxy) is 1. The van der Waals surface area contributed by atoms with E-state index in [4.69, 9.17) is 4.74 Å². The summed E-state index contributed by atoms with van der Waals surface area (Å²) in [5.41, 5.74) is 0. The highest BCUT2D eigenvalue weighted by Crippen LogP contribution is 2.08. The summed E-state index contributed by atoms with van der Waals surface area (Å²) in [6, 6.07) is 0. The molecule has 0 spiro atoms.